The van der Waals surface area contributed by atoms with Crippen LogP contribution in [0.2, 0.25) is 5.15 Å². The van der Waals surface area contributed by atoms with Gasteiger partial charge >= 0.3 is 10.8 Å². The van der Waals surface area contributed by atoms with Crippen molar-refractivity contribution in [2.75, 3.05) is 14.2 Å². The Balaban J connectivity index is 1.73. The lowest BCUT2D eigenvalue weighted by Crippen LogP contribution is -2.17. The Morgan fingerprint density at radius 3 is 2.65 bits per heavy atom. The predicted octanol–water partition coefficient (Wildman–Crippen LogP) is 3.17. The second-order valence-electron chi connectivity index (χ2n) is 6.23. The monoisotopic (exact) mass is 459 g/mol. The van der Waals surface area contributed by atoms with Crippen LogP contribution in [0.4, 0.5) is 0 Å². The minimum Gasteiger partial charge on any atom is -0.497 e. The zero-order valence-corrected chi connectivity index (χ0v) is 18.2. The van der Waals surface area contributed by atoms with Crippen LogP contribution in [0.25, 0.3) is 0 Å². The number of nitrogens with one attached hydrogen (secondary N) is 1. The third kappa shape index (κ3) is 5.39. The van der Waals surface area contributed by atoms with Crippen LogP contribution in [-0.2, 0) is 11.3 Å². The summed E-state index contributed by atoms with van der Waals surface area (Å²) in [5.41, 5.74) is 3.85. The largest absolute Gasteiger partial charge is 0.497 e. The number of hydrazone groups is 1. The number of hydrogen-bond donors (Lipinski definition) is 1. The molecule has 1 heterocycles. The lowest BCUT2D eigenvalue weighted by Gasteiger charge is -2.06. The van der Waals surface area contributed by atoms with Crippen molar-refractivity contribution in [3.05, 3.63) is 84.9 Å². The molecule has 0 saturated carbocycles. The van der Waals surface area contributed by atoms with Gasteiger partial charge in [0.15, 0.2) is 0 Å². The van der Waals surface area contributed by atoms with E-state index in [0.717, 1.165) is 11.3 Å². The first-order valence-electron chi connectivity index (χ1n) is 8.96. The van der Waals surface area contributed by atoms with Gasteiger partial charge in [-0.1, -0.05) is 41.1 Å². The van der Waals surface area contributed by atoms with Crippen molar-refractivity contribution < 1.29 is 19.1 Å². The van der Waals surface area contributed by atoms with Gasteiger partial charge < -0.3 is 9.47 Å². The number of aromatic nitrogens is 1. The van der Waals surface area contributed by atoms with E-state index in [2.05, 4.69) is 10.5 Å². The molecule has 0 unspecified atom stereocenters. The Hall–Kier alpha value is -3.43. The molecular weight excluding hydrogens is 442 g/mol. The molecule has 10 heteroatoms. The van der Waals surface area contributed by atoms with E-state index in [-0.39, 0.29) is 16.6 Å². The summed E-state index contributed by atoms with van der Waals surface area (Å²) in [6, 6.07) is 13.3. The number of methoxy groups -OCH3 is 2. The summed E-state index contributed by atoms with van der Waals surface area (Å²) in [6.45, 7) is 0.170. The van der Waals surface area contributed by atoms with Gasteiger partial charge in [-0.3, -0.25) is 14.2 Å². The van der Waals surface area contributed by atoms with Crippen molar-refractivity contribution in [2.24, 2.45) is 5.10 Å². The zero-order chi connectivity index (χ0) is 22.4. The second kappa shape index (κ2) is 10.1. The number of ether oxygens (including phenoxy) is 2. The quantitative estimate of drug-likeness (QED) is 0.332. The number of rotatable bonds is 7. The molecule has 160 valence electrons. The molecule has 3 aromatic rings. The summed E-state index contributed by atoms with van der Waals surface area (Å²) < 4.78 is 11.2. The second-order valence-corrected chi connectivity index (χ2v) is 7.58. The Kier molecular flexibility index (Phi) is 7.22. The molecule has 1 N–H and O–H groups in total. The van der Waals surface area contributed by atoms with Gasteiger partial charge in [0.2, 0.25) is 0 Å². The maximum absolute atomic E-state index is 12.4. The van der Waals surface area contributed by atoms with Crippen molar-refractivity contribution in [3.63, 3.8) is 0 Å². The number of nitrogens with zero attached hydrogens (tertiary/aromatic N) is 2. The summed E-state index contributed by atoms with van der Waals surface area (Å²) >= 11 is 7.23. The highest BCUT2D eigenvalue weighted by molar-refractivity contribution is 7.11. The number of hydrogen-bond acceptors (Lipinski definition) is 7. The molecule has 1 aromatic heterocycles. The van der Waals surface area contributed by atoms with Crippen LogP contribution in [0.3, 0.4) is 0 Å². The van der Waals surface area contributed by atoms with E-state index < -0.39 is 11.9 Å². The molecule has 0 saturated heterocycles. The van der Waals surface area contributed by atoms with Gasteiger partial charge in [0.25, 0.3) is 5.91 Å². The van der Waals surface area contributed by atoms with Crippen LogP contribution >= 0.6 is 22.9 Å². The van der Waals surface area contributed by atoms with Crippen LogP contribution in [0.15, 0.2) is 58.4 Å². The SMILES string of the molecule is COC(=O)c1cccc(Cn2c(Cl)c(/C=N/NC(=O)c3cccc(OC)c3)sc2=O)c1. The van der Waals surface area contributed by atoms with Crippen LogP contribution in [0, 0.1) is 0 Å². The van der Waals surface area contributed by atoms with Gasteiger partial charge in [-0.05, 0) is 35.9 Å². The van der Waals surface area contributed by atoms with Crippen LogP contribution in [0.5, 0.6) is 5.75 Å². The normalized spacial score (nSPS) is 10.8. The molecule has 0 radical (unpaired) electrons. The maximum atomic E-state index is 12.4. The fourth-order valence-corrected chi connectivity index (χ4v) is 3.80. The minimum absolute atomic E-state index is 0.170. The van der Waals surface area contributed by atoms with Gasteiger partial charge in [-0.2, -0.15) is 5.10 Å². The van der Waals surface area contributed by atoms with Crippen molar-refractivity contribution in [1.29, 1.82) is 0 Å². The van der Waals surface area contributed by atoms with Crippen LogP contribution in [-0.4, -0.2) is 36.9 Å². The lowest BCUT2D eigenvalue weighted by atomic mass is 10.1. The average molecular weight is 460 g/mol. The van der Waals surface area contributed by atoms with Crippen LogP contribution < -0.4 is 15.0 Å². The third-order valence-corrected chi connectivity index (χ3v) is 5.66. The number of carbonyl (C=O) groups excluding carboxylic acids is 2. The lowest BCUT2D eigenvalue weighted by molar-refractivity contribution is 0.0600. The summed E-state index contributed by atoms with van der Waals surface area (Å²) in [5.74, 6) is -0.353. The van der Waals surface area contributed by atoms with Gasteiger partial charge in [0.05, 0.1) is 37.4 Å². The van der Waals surface area contributed by atoms with E-state index in [9.17, 15) is 14.4 Å². The molecular formula is C21H18ClN3O5S. The van der Waals surface area contributed by atoms with E-state index in [1.165, 1.54) is 25.0 Å². The van der Waals surface area contributed by atoms with E-state index in [1.807, 2.05) is 0 Å². The Bertz CT molecular complexity index is 1200. The highest BCUT2D eigenvalue weighted by Crippen LogP contribution is 2.19. The smallest absolute Gasteiger partial charge is 0.337 e. The topological polar surface area (TPSA) is 99.0 Å². The maximum Gasteiger partial charge on any atom is 0.337 e. The number of amides is 1. The van der Waals surface area contributed by atoms with Crippen molar-refractivity contribution in [3.8, 4) is 5.75 Å². The molecule has 8 nitrogen and oxygen atoms in total. The molecule has 0 spiro atoms. The summed E-state index contributed by atoms with van der Waals surface area (Å²) in [4.78, 5) is 36.4. The van der Waals surface area contributed by atoms with Crippen LogP contribution in [0.1, 0.15) is 31.2 Å². The fourth-order valence-electron chi connectivity index (χ4n) is 2.69. The Morgan fingerprint density at radius 1 is 1.16 bits per heavy atom. The fraction of sp³-hybridized carbons (Fsp3) is 0.143. The summed E-state index contributed by atoms with van der Waals surface area (Å²) in [5, 5.41) is 4.07. The number of thiazole rings is 1. The van der Waals surface area contributed by atoms with Gasteiger partial charge in [0, 0.05) is 5.56 Å². The predicted molar refractivity (Wildman–Crippen MR) is 119 cm³/mol. The first kappa shape index (κ1) is 22.3. The zero-order valence-electron chi connectivity index (χ0n) is 16.6. The molecule has 0 atom stereocenters. The van der Waals surface area contributed by atoms with E-state index in [1.54, 1.807) is 48.5 Å². The third-order valence-electron chi connectivity index (χ3n) is 4.23. The Morgan fingerprint density at radius 2 is 1.90 bits per heavy atom. The molecule has 0 aliphatic heterocycles. The van der Waals surface area contributed by atoms with E-state index in [4.69, 9.17) is 21.1 Å². The molecule has 0 aliphatic carbocycles. The molecule has 31 heavy (non-hydrogen) atoms. The van der Waals surface area contributed by atoms with Gasteiger partial charge in [-0.25, -0.2) is 10.2 Å². The number of halogens is 1. The Labute approximate surface area is 186 Å². The van der Waals surface area contributed by atoms with Crippen molar-refractivity contribution in [1.82, 2.24) is 9.99 Å². The first-order valence-corrected chi connectivity index (χ1v) is 10.2. The number of benzene rings is 2. The molecule has 0 aliphatic rings. The standard InChI is InChI=1S/C21H18ClN3O5S/c1-29-16-8-4-6-14(10-16)19(26)24-23-11-17-18(22)25(21(28)31-17)12-13-5-3-7-15(9-13)20(27)30-2/h3-11H,12H2,1-2H3,(H,24,26)/b23-11+. The molecule has 1 amide bonds. The average Bonchev–Trinajstić information content (AvgIpc) is 3.06. The summed E-state index contributed by atoms with van der Waals surface area (Å²) in [6.07, 6.45) is 1.31. The summed E-state index contributed by atoms with van der Waals surface area (Å²) in [7, 11) is 2.81. The van der Waals surface area contributed by atoms with Gasteiger partial charge in [0.1, 0.15) is 10.9 Å². The van der Waals surface area contributed by atoms with E-state index in [0.29, 0.717) is 27.3 Å². The highest BCUT2D eigenvalue weighted by atomic mass is 35.5. The van der Waals surface area contributed by atoms with Crippen molar-refractivity contribution >= 4 is 41.0 Å². The molecule has 0 fully saturated rings. The molecule has 0 bridgehead atoms. The minimum atomic E-state index is -0.467. The molecule has 3 rings (SSSR count). The molecule has 2 aromatic carbocycles. The van der Waals surface area contributed by atoms with Crippen molar-refractivity contribution in [2.45, 2.75) is 6.54 Å². The number of carbonyl (C=O) groups is 2. The van der Waals surface area contributed by atoms with Gasteiger partial charge in [-0.15, -0.1) is 0 Å². The first-order chi connectivity index (χ1) is 14.9. The number of esters is 1. The van der Waals surface area contributed by atoms with E-state index >= 15 is 0 Å². The highest BCUT2D eigenvalue weighted by Gasteiger charge is 2.14.